The van der Waals surface area contributed by atoms with Crippen LogP contribution < -0.4 is 5.73 Å². The minimum absolute atomic E-state index is 0.182. The maximum absolute atomic E-state index is 5.76. The molecule has 0 radical (unpaired) electrons. The van der Waals surface area contributed by atoms with Crippen LogP contribution in [0.15, 0.2) is 15.3 Å². The van der Waals surface area contributed by atoms with Crippen molar-refractivity contribution >= 4 is 44.4 Å². The highest BCUT2D eigenvalue weighted by Gasteiger charge is 2.17. The molecule has 3 heterocycles. The lowest BCUT2D eigenvalue weighted by atomic mass is 10.2. The van der Waals surface area contributed by atoms with Crippen LogP contribution in [0.5, 0.6) is 0 Å². The standard InChI is InChI=1S/C10H8BrClN6O/c11-4-3-14-5(1-2-12)7-6(4)15-10(16-7)8-9(13)18-19-17-8/h3H,1-2H2,(H2,13,18)(H,15,16). The van der Waals surface area contributed by atoms with Gasteiger partial charge in [-0.1, -0.05) is 0 Å². The van der Waals surface area contributed by atoms with E-state index in [-0.39, 0.29) is 5.82 Å². The molecule has 0 atom stereocenters. The summed E-state index contributed by atoms with van der Waals surface area (Å²) in [5.74, 6) is 1.14. The van der Waals surface area contributed by atoms with Crippen molar-refractivity contribution in [3.8, 4) is 11.5 Å². The van der Waals surface area contributed by atoms with Gasteiger partial charge in [0.2, 0.25) is 0 Å². The van der Waals surface area contributed by atoms with Crippen LogP contribution >= 0.6 is 27.5 Å². The van der Waals surface area contributed by atoms with Crippen molar-refractivity contribution in [2.75, 3.05) is 11.6 Å². The van der Waals surface area contributed by atoms with Crippen molar-refractivity contribution in [2.24, 2.45) is 0 Å². The summed E-state index contributed by atoms with van der Waals surface area (Å²) in [4.78, 5) is 11.9. The second-order valence-electron chi connectivity index (χ2n) is 3.80. The van der Waals surface area contributed by atoms with Gasteiger partial charge in [-0.2, -0.15) is 0 Å². The number of aromatic nitrogens is 5. The Labute approximate surface area is 120 Å². The fraction of sp³-hybridized carbons (Fsp3) is 0.200. The fourth-order valence-corrected chi connectivity index (χ4v) is 2.33. The van der Waals surface area contributed by atoms with Crippen molar-refractivity contribution in [1.29, 1.82) is 0 Å². The third-order valence-corrected chi connectivity index (χ3v) is 3.39. The summed E-state index contributed by atoms with van der Waals surface area (Å²) in [5, 5.41) is 7.25. The second-order valence-corrected chi connectivity index (χ2v) is 5.03. The number of alkyl halides is 1. The van der Waals surface area contributed by atoms with Crippen molar-refractivity contribution in [2.45, 2.75) is 6.42 Å². The average molecular weight is 344 g/mol. The van der Waals surface area contributed by atoms with Crippen molar-refractivity contribution in [3.63, 3.8) is 0 Å². The van der Waals surface area contributed by atoms with E-state index < -0.39 is 0 Å². The van der Waals surface area contributed by atoms with Gasteiger partial charge in [0, 0.05) is 18.5 Å². The molecule has 0 aliphatic rings. The summed E-state index contributed by atoms with van der Waals surface area (Å²) in [5.41, 5.74) is 8.41. The van der Waals surface area contributed by atoms with Gasteiger partial charge in [-0.3, -0.25) is 4.98 Å². The number of hydrogen-bond acceptors (Lipinski definition) is 6. The van der Waals surface area contributed by atoms with E-state index in [1.165, 1.54) is 0 Å². The summed E-state index contributed by atoms with van der Waals surface area (Å²) in [6.07, 6.45) is 2.33. The number of H-pyrrole nitrogens is 1. The van der Waals surface area contributed by atoms with Crippen LogP contribution in [-0.4, -0.2) is 31.1 Å². The number of pyridine rings is 1. The molecule has 3 aromatic heterocycles. The molecule has 0 spiro atoms. The second kappa shape index (κ2) is 4.78. The van der Waals surface area contributed by atoms with E-state index in [4.69, 9.17) is 17.3 Å². The van der Waals surface area contributed by atoms with Crippen LogP contribution in [0, 0.1) is 0 Å². The van der Waals surface area contributed by atoms with Crippen LogP contribution in [0.25, 0.3) is 22.6 Å². The molecule has 19 heavy (non-hydrogen) atoms. The minimum Gasteiger partial charge on any atom is -0.379 e. The molecule has 0 amide bonds. The van der Waals surface area contributed by atoms with Crippen LogP contribution in [0.3, 0.4) is 0 Å². The number of nitrogens with two attached hydrogens (primary N) is 1. The number of halogens is 2. The highest BCUT2D eigenvalue weighted by molar-refractivity contribution is 9.10. The lowest BCUT2D eigenvalue weighted by Gasteiger charge is -1.99. The molecular weight excluding hydrogens is 336 g/mol. The summed E-state index contributed by atoms with van der Waals surface area (Å²) in [6.45, 7) is 0. The monoisotopic (exact) mass is 342 g/mol. The minimum atomic E-state index is 0.182. The fourth-order valence-electron chi connectivity index (χ4n) is 1.77. The van der Waals surface area contributed by atoms with Crippen LogP contribution in [0.1, 0.15) is 5.69 Å². The zero-order valence-electron chi connectivity index (χ0n) is 9.52. The molecule has 0 saturated carbocycles. The van der Waals surface area contributed by atoms with Gasteiger partial charge in [0.15, 0.2) is 17.3 Å². The Morgan fingerprint density at radius 3 is 2.95 bits per heavy atom. The van der Waals surface area contributed by atoms with Crippen LogP contribution in [-0.2, 0) is 6.42 Å². The lowest BCUT2D eigenvalue weighted by molar-refractivity contribution is 0.310. The molecule has 0 aliphatic carbocycles. The Balaban J connectivity index is 2.22. The summed E-state index contributed by atoms with van der Waals surface area (Å²) in [6, 6.07) is 0. The molecule has 3 aromatic rings. The number of fused-ring (bicyclic) bond motifs is 1. The van der Waals surface area contributed by atoms with E-state index in [0.29, 0.717) is 23.8 Å². The molecule has 0 aromatic carbocycles. The zero-order chi connectivity index (χ0) is 13.4. The maximum Gasteiger partial charge on any atom is 0.199 e. The molecule has 0 unspecified atom stereocenters. The van der Waals surface area contributed by atoms with E-state index in [1.54, 1.807) is 6.20 Å². The molecule has 0 bridgehead atoms. The largest absolute Gasteiger partial charge is 0.379 e. The maximum atomic E-state index is 5.76. The van der Waals surface area contributed by atoms with Crippen LogP contribution in [0.4, 0.5) is 5.82 Å². The normalized spacial score (nSPS) is 11.3. The molecule has 9 heteroatoms. The van der Waals surface area contributed by atoms with Crippen molar-refractivity contribution < 1.29 is 4.63 Å². The number of hydrogen-bond donors (Lipinski definition) is 2. The van der Waals surface area contributed by atoms with Crippen molar-refractivity contribution in [1.82, 2.24) is 25.3 Å². The first-order chi connectivity index (χ1) is 9.20. The smallest absolute Gasteiger partial charge is 0.199 e. The first-order valence-corrected chi connectivity index (χ1v) is 6.71. The number of nitrogens with one attached hydrogen (secondary N) is 1. The van der Waals surface area contributed by atoms with Gasteiger partial charge in [0.05, 0.1) is 15.7 Å². The molecule has 98 valence electrons. The number of aromatic amines is 1. The Kier molecular flexibility index (Phi) is 3.11. The molecule has 0 aliphatic heterocycles. The Hall–Kier alpha value is -1.67. The predicted octanol–water partition coefficient (Wildman–Crippen LogP) is 2.13. The van der Waals surface area contributed by atoms with Crippen molar-refractivity contribution in [3.05, 3.63) is 16.4 Å². The Morgan fingerprint density at radius 1 is 1.42 bits per heavy atom. The summed E-state index contributed by atoms with van der Waals surface area (Å²) >= 11 is 9.17. The lowest BCUT2D eigenvalue weighted by Crippen LogP contribution is -1.93. The highest BCUT2D eigenvalue weighted by atomic mass is 79.9. The molecule has 3 rings (SSSR count). The van der Waals surface area contributed by atoms with Gasteiger partial charge in [0.25, 0.3) is 0 Å². The predicted molar refractivity (Wildman–Crippen MR) is 73.7 cm³/mol. The molecule has 0 saturated heterocycles. The highest BCUT2D eigenvalue weighted by Crippen LogP contribution is 2.28. The van der Waals surface area contributed by atoms with E-state index in [9.17, 15) is 0 Å². The zero-order valence-corrected chi connectivity index (χ0v) is 11.9. The first kappa shape index (κ1) is 12.4. The van der Waals surface area contributed by atoms with Gasteiger partial charge in [-0.15, -0.1) is 11.6 Å². The van der Waals surface area contributed by atoms with Gasteiger partial charge in [-0.05, 0) is 26.2 Å². The summed E-state index contributed by atoms with van der Waals surface area (Å²) < 4.78 is 5.35. The SMILES string of the molecule is Nc1nonc1-c1nc2c(Br)cnc(CCCl)c2[nH]1. The van der Waals surface area contributed by atoms with Gasteiger partial charge < -0.3 is 10.7 Å². The van der Waals surface area contributed by atoms with Crippen LogP contribution in [0.2, 0.25) is 0 Å². The Morgan fingerprint density at radius 2 is 2.26 bits per heavy atom. The molecule has 0 fully saturated rings. The van der Waals surface area contributed by atoms with E-state index in [1.807, 2.05) is 0 Å². The molecular formula is C10H8BrClN6O. The number of nitrogens with zero attached hydrogens (tertiary/aromatic N) is 4. The molecule has 3 N–H and O–H groups in total. The van der Waals surface area contributed by atoms with Gasteiger partial charge in [-0.25, -0.2) is 9.61 Å². The van der Waals surface area contributed by atoms with Gasteiger partial charge in [0.1, 0.15) is 5.52 Å². The Bertz CT molecular complexity index is 739. The quantitative estimate of drug-likeness (QED) is 0.706. The third-order valence-electron chi connectivity index (χ3n) is 2.62. The first-order valence-electron chi connectivity index (χ1n) is 5.38. The average Bonchev–Trinajstić information content (AvgIpc) is 2.99. The number of nitrogen functional groups attached to an aromatic ring is 1. The van der Waals surface area contributed by atoms with E-state index in [0.717, 1.165) is 21.2 Å². The van der Waals surface area contributed by atoms with E-state index in [2.05, 4.69) is 45.8 Å². The summed E-state index contributed by atoms with van der Waals surface area (Å²) in [7, 11) is 0. The third kappa shape index (κ3) is 2.06. The van der Waals surface area contributed by atoms with Gasteiger partial charge >= 0.3 is 0 Å². The number of imidazole rings is 1. The number of aryl methyl sites for hydroxylation is 1. The topological polar surface area (TPSA) is 107 Å². The number of anilines is 1. The number of rotatable bonds is 3. The van der Waals surface area contributed by atoms with E-state index >= 15 is 0 Å². The molecule has 7 nitrogen and oxygen atoms in total.